The summed E-state index contributed by atoms with van der Waals surface area (Å²) >= 11 is 0. The zero-order chi connectivity index (χ0) is 22.7. The third kappa shape index (κ3) is 2.59. The number of hydrogen-bond donors (Lipinski definition) is 0. The van der Waals surface area contributed by atoms with Gasteiger partial charge in [-0.25, -0.2) is 0 Å². The van der Waals surface area contributed by atoms with Gasteiger partial charge >= 0.3 is 0 Å². The fourth-order valence-corrected chi connectivity index (χ4v) is 7.91. The average molecular weight is 460 g/mol. The van der Waals surface area contributed by atoms with E-state index in [2.05, 4.69) is 9.97 Å². The monoisotopic (exact) mass is 460 g/mol. The molecule has 2 aromatic heterocycles. The van der Waals surface area contributed by atoms with Gasteiger partial charge in [0.2, 0.25) is 0 Å². The lowest BCUT2D eigenvalue weighted by Crippen LogP contribution is -2.35. The van der Waals surface area contributed by atoms with E-state index in [1.54, 1.807) is 24.8 Å². The molecule has 0 N–H and O–H groups in total. The smallest absolute Gasteiger partial charge is 0.185 e. The number of hydrogen-bond acceptors (Lipinski definition) is 5. The van der Waals surface area contributed by atoms with Gasteiger partial charge in [-0.05, 0) is 65.7 Å². The summed E-state index contributed by atoms with van der Waals surface area (Å²) in [6, 6.07) is 24.9. The Hall–Kier alpha value is -4.21. The van der Waals surface area contributed by atoms with Gasteiger partial charge in [-0.1, -0.05) is 24.3 Å². The summed E-state index contributed by atoms with van der Waals surface area (Å²) in [5, 5.41) is 1.98. The highest BCUT2D eigenvalue weighted by Crippen LogP contribution is 2.61. The average Bonchev–Trinajstić information content (AvgIpc) is 2.90. The summed E-state index contributed by atoms with van der Waals surface area (Å²) < 4.78 is 28.3. The minimum Gasteiger partial charge on any atom is -0.455 e. The van der Waals surface area contributed by atoms with E-state index in [9.17, 15) is 0 Å². The van der Waals surface area contributed by atoms with Gasteiger partial charge in [0.1, 0.15) is 28.3 Å². The molecule has 5 nitrogen and oxygen atoms in total. The van der Waals surface area contributed by atoms with Crippen LogP contribution in [0.1, 0.15) is 0 Å². The molecule has 162 valence electrons. The molecule has 0 saturated heterocycles. The highest BCUT2D eigenvalue weighted by molar-refractivity contribution is 7.86. The van der Waals surface area contributed by atoms with E-state index in [1.807, 2.05) is 78.9 Å². The van der Waals surface area contributed by atoms with Crippen LogP contribution in [-0.2, 0) is 4.57 Å². The Kier molecular flexibility index (Phi) is 4.05. The second-order valence-corrected chi connectivity index (χ2v) is 10.8. The Morgan fingerprint density at radius 1 is 0.588 bits per heavy atom. The molecule has 0 bridgehead atoms. The van der Waals surface area contributed by atoms with Crippen molar-refractivity contribution < 1.29 is 14.0 Å². The number of para-hydroxylation sites is 2. The Bertz CT molecular complexity index is 1520. The molecule has 0 fully saturated rings. The Morgan fingerprint density at radius 2 is 1.03 bits per heavy atom. The standard InChI is InChI=1S/C28H17N2O3P/c31-34-24-7-3-1-5-22(24)32-26-20(18-9-13-29-14-10-18)17-21(19-11-15-30-16-12-19)27(28(26)34)33-23-6-2-4-8-25(23)34/h1-17H. The van der Waals surface area contributed by atoms with Crippen LogP contribution in [0.3, 0.4) is 0 Å². The van der Waals surface area contributed by atoms with Gasteiger partial charge in [0, 0.05) is 35.9 Å². The molecule has 0 atom stereocenters. The fraction of sp³-hybridized carbons (Fsp3) is 0. The van der Waals surface area contributed by atoms with Crippen molar-refractivity contribution in [2.75, 3.05) is 0 Å². The number of ether oxygens (including phenoxy) is 2. The number of aromatic nitrogens is 2. The van der Waals surface area contributed by atoms with Gasteiger partial charge in [-0.3, -0.25) is 9.97 Å². The normalized spacial score (nSPS) is 14.1. The molecule has 2 aliphatic heterocycles. The summed E-state index contributed by atoms with van der Waals surface area (Å²) in [5.74, 6) is 2.34. The Balaban J connectivity index is 1.66. The van der Waals surface area contributed by atoms with E-state index in [-0.39, 0.29) is 0 Å². The van der Waals surface area contributed by atoms with Crippen molar-refractivity contribution in [2.45, 2.75) is 0 Å². The molecule has 0 spiro atoms. The van der Waals surface area contributed by atoms with Crippen LogP contribution in [-0.4, -0.2) is 9.97 Å². The van der Waals surface area contributed by atoms with Crippen molar-refractivity contribution in [2.24, 2.45) is 0 Å². The van der Waals surface area contributed by atoms with Gasteiger partial charge in [-0.2, -0.15) is 0 Å². The highest BCUT2D eigenvalue weighted by atomic mass is 31.2. The zero-order valence-electron chi connectivity index (χ0n) is 17.9. The quantitative estimate of drug-likeness (QED) is 0.312. The molecule has 0 saturated carbocycles. The maximum Gasteiger partial charge on any atom is 0.185 e. The summed E-state index contributed by atoms with van der Waals surface area (Å²) in [4.78, 5) is 8.35. The molecule has 6 heteroatoms. The van der Waals surface area contributed by atoms with Gasteiger partial charge in [0.05, 0.1) is 10.6 Å². The second kappa shape index (κ2) is 7.14. The minimum atomic E-state index is -3.29. The first-order chi connectivity index (χ1) is 16.7. The summed E-state index contributed by atoms with van der Waals surface area (Å²) in [5.41, 5.74) is 3.53. The van der Waals surface area contributed by atoms with Crippen LogP contribution >= 0.6 is 7.14 Å². The molecule has 3 aromatic carbocycles. The van der Waals surface area contributed by atoms with Crippen LogP contribution < -0.4 is 25.4 Å². The third-order valence-electron chi connectivity index (χ3n) is 6.34. The number of benzene rings is 3. The summed E-state index contributed by atoms with van der Waals surface area (Å²) in [7, 11) is -3.29. The van der Waals surface area contributed by atoms with Crippen molar-refractivity contribution in [3.8, 4) is 45.3 Å². The predicted octanol–water partition coefficient (Wildman–Crippen LogP) is 5.66. The molecule has 0 amide bonds. The first kappa shape index (κ1) is 19.3. The summed E-state index contributed by atoms with van der Waals surface area (Å²) in [6.45, 7) is 0. The van der Waals surface area contributed by atoms with Gasteiger partial charge < -0.3 is 14.0 Å². The van der Waals surface area contributed by atoms with Crippen molar-refractivity contribution in [3.05, 3.63) is 104 Å². The molecule has 0 aliphatic carbocycles. The topological polar surface area (TPSA) is 61.3 Å². The Labute approximate surface area is 196 Å². The van der Waals surface area contributed by atoms with Crippen LogP contribution in [0.15, 0.2) is 104 Å². The second-order valence-electron chi connectivity index (χ2n) is 8.20. The first-order valence-corrected chi connectivity index (χ1v) is 12.6. The van der Waals surface area contributed by atoms with Gasteiger partial charge in [0.25, 0.3) is 0 Å². The van der Waals surface area contributed by atoms with Crippen molar-refractivity contribution in [1.29, 1.82) is 0 Å². The van der Waals surface area contributed by atoms with Crippen LogP contribution in [0.5, 0.6) is 23.0 Å². The van der Waals surface area contributed by atoms with Crippen molar-refractivity contribution in [1.82, 2.24) is 9.97 Å². The zero-order valence-corrected chi connectivity index (χ0v) is 18.8. The third-order valence-corrected chi connectivity index (χ3v) is 9.47. The predicted molar refractivity (Wildman–Crippen MR) is 132 cm³/mol. The van der Waals surface area contributed by atoms with Crippen molar-refractivity contribution >= 4 is 23.1 Å². The lowest BCUT2D eigenvalue weighted by atomic mass is 9.97. The first-order valence-electron chi connectivity index (χ1n) is 10.9. The lowest BCUT2D eigenvalue weighted by molar-refractivity contribution is 0.464. The Morgan fingerprint density at radius 3 is 1.50 bits per heavy atom. The van der Waals surface area contributed by atoms with E-state index in [0.29, 0.717) is 38.9 Å². The van der Waals surface area contributed by atoms with Gasteiger partial charge in [0.15, 0.2) is 7.14 Å². The van der Waals surface area contributed by atoms with E-state index in [1.165, 1.54) is 0 Å². The SMILES string of the molecule is O=P12c3ccccc3Oc3c(-c4ccncc4)cc(-c4ccncc4)c(c31)Oc1ccccc12. The molecule has 0 radical (unpaired) electrons. The van der Waals surface area contributed by atoms with Crippen LogP contribution in [0.4, 0.5) is 0 Å². The molecule has 4 heterocycles. The maximum atomic E-state index is 15.3. The highest BCUT2D eigenvalue weighted by Gasteiger charge is 2.48. The number of fused-ring (bicyclic) bond motifs is 4. The van der Waals surface area contributed by atoms with Crippen LogP contribution in [0.2, 0.25) is 0 Å². The van der Waals surface area contributed by atoms with Crippen LogP contribution in [0, 0.1) is 0 Å². The minimum absolute atomic E-state index is 0.565. The van der Waals surface area contributed by atoms with E-state index in [4.69, 9.17) is 9.47 Å². The van der Waals surface area contributed by atoms with E-state index < -0.39 is 7.14 Å². The van der Waals surface area contributed by atoms with E-state index in [0.717, 1.165) is 22.3 Å². The largest absolute Gasteiger partial charge is 0.455 e. The van der Waals surface area contributed by atoms with Crippen LogP contribution in [0.25, 0.3) is 22.3 Å². The maximum absolute atomic E-state index is 15.3. The van der Waals surface area contributed by atoms with E-state index >= 15 is 4.57 Å². The number of pyridine rings is 2. The molecule has 0 unspecified atom stereocenters. The molecule has 2 aliphatic rings. The van der Waals surface area contributed by atoms with Crippen molar-refractivity contribution in [3.63, 3.8) is 0 Å². The number of rotatable bonds is 2. The molecular formula is C28H17N2O3P. The molecule has 34 heavy (non-hydrogen) atoms. The molecular weight excluding hydrogens is 443 g/mol. The molecule has 5 aromatic rings. The number of nitrogens with zero attached hydrogens (tertiary/aromatic N) is 2. The summed E-state index contributed by atoms with van der Waals surface area (Å²) in [6.07, 6.45) is 6.98. The fourth-order valence-electron chi connectivity index (χ4n) is 4.82. The van der Waals surface area contributed by atoms with Gasteiger partial charge in [-0.15, -0.1) is 0 Å². The lowest BCUT2D eigenvalue weighted by Gasteiger charge is -2.36. The molecule has 7 rings (SSSR count).